The number of hydrogen-bond donors (Lipinski definition) is 1. The lowest BCUT2D eigenvalue weighted by Gasteiger charge is -2.35. The molecule has 0 atom stereocenters. The number of pyridine rings is 2. The summed E-state index contributed by atoms with van der Waals surface area (Å²) in [4.78, 5) is 26.0. The van der Waals surface area contributed by atoms with Crippen LogP contribution < -0.4 is 10.2 Å². The van der Waals surface area contributed by atoms with Crippen LogP contribution in [0.2, 0.25) is 0 Å². The first-order chi connectivity index (χ1) is 14.7. The van der Waals surface area contributed by atoms with Crippen molar-refractivity contribution in [2.75, 3.05) is 42.9 Å². The first kappa shape index (κ1) is 20.8. The molecule has 2 aliphatic heterocycles. The highest BCUT2D eigenvalue weighted by molar-refractivity contribution is 5.92. The molecule has 0 bridgehead atoms. The lowest BCUT2D eigenvalue weighted by molar-refractivity contribution is -0.116. The van der Waals surface area contributed by atoms with Crippen molar-refractivity contribution in [2.24, 2.45) is 0 Å². The zero-order valence-corrected chi connectivity index (χ0v) is 18.1. The molecule has 0 radical (unpaired) electrons. The second kappa shape index (κ2) is 10.0. The van der Waals surface area contributed by atoms with E-state index in [1.165, 1.54) is 25.1 Å². The molecule has 6 heteroatoms. The van der Waals surface area contributed by atoms with E-state index in [-0.39, 0.29) is 5.91 Å². The van der Waals surface area contributed by atoms with Gasteiger partial charge in [0.1, 0.15) is 11.6 Å². The Balaban J connectivity index is 1.14. The van der Waals surface area contributed by atoms with Crippen molar-refractivity contribution in [1.29, 1.82) is 0 Å². The maximum atomic E-state index is 11.6. The molecule has 1 saturated heterocycles. The van der Waals surface area contributed by atoms with Gasteiger partial charge in [0, 0.05) is 44.0 Å². The molecule has 0 aromatic carbocycles. The number of nitrogens with one attached hydrogen (secondary N) is 1. The SMILES string of the molecule is CCc1cccc(N2CCN(CCCCCc3ccc4c(n3)NC(=O)CC4)CC2)n1. The number of unbranched alkanes of at least 4 members (excludes halogenated alkanes) is 2. The molecule has 160 valence electrons. The summed E-state index contributed by atoms with van der Waals surface area (Å²) in [6.45, 7) is 7.68. The van der Waals surface area contributed by atoms with Crippen molar-refractivity contribution in [2.45, 2.75) is 51.9 Å². The van der Waals surface area contributed by atoms with E-state index in [2.05, 4.69) is 57.4 Å². The van der Waals surface area contributed by atoms with Gasteiger partial charge >= 0.3 is 0 Å². The van der Waals surface area contributed by atoms with Gasteiger partial charge in [-0.3, -0.25) is 9.69 Å². The molecule has 4 rings (SSSR count). The van der Waals surface area contributed by atoms with Crippen LogP contribution in [0.25, 0.3) is 0 Å². The number of rotatable bonds is 8. The molecule has 0 spiro atoms. The van der Waals surface area contributed by atoms with Gasteiger partial charge in [0.05, 0.1) is 0 Å². The van der Waals surface area contributed by atoms with Crippen molar-refractivity contribution in [3.63, 3.8) is 0 Å². The number of piperazine rings is 1. The van der Waals surface area contributed by atoms with Gasteiger partial charge in [-0.15, -0.1) is 0 Å². The minimum absolute atomic E-state index is 0.0843. The molecular formula is C24H33N5O. The average Bonchev–Trinajstić information content (AvgIpc) is 2.79. The van der Waals surface area contributed by atoms with Gasteiger partial charge in [-0.25, -0.2) is 9.97 Å². The van der Waals surface area contributed by atoms with Crippen molar-refractivity contribution in [3.05, 3.63) is 47.3 Å². The zero-order valence-electron chi connectivity index (χ0n) is 18.1. The molecule has 0 unspecified atom stereocenters. The standard InChI is InChI=1S/C24H33N5O/c1-2-20-8-6-9-22(25-20)29-17-15-28(16-18-29)14-5-3-4-7-21-12-10-19-11-13-23(30)27-24(19)26-21/h6,8-10,12H,2-5,7,11,13-18H2,1H3,(H,26,27,30). The number of carbonyl (C=O) groups is 1. The highest BCUT2D eigenvalue weighted by Gasteiger charge is 2.18. The summed E-state index contributed by atoms with van der Waals surface area (Å²) in [7, 11) is 0. The van der Waals surface area contributed by atoms with Crippen molar-refractivity contribution >= 4 is 17.5 Å². The Morgan fingerprint density at radius 1 is 0.933 bits per heavy atom. The molecule has 0 saturated carbocycles. The maximum Gasteiger partial charge on any atom is 0.225 e. The number of hydrogen-bond acceptors (Lipinski definition) is 5. The maximum absolute atomic E-state index is 11.6. The van der Waals surface area contributed by atoms with Crippen LogP contribution >= 0.6 is 0 Å². The fraction of sp³-hybridized carbons (Fsp3) is 0.542. The highest BCUT2D eigenvalue weighted by atomic mass is 16.1. The first-order valence-corrected chi connectivity index (χ1v) is 11.4. The Hall–Kier alpha value is -2.47. The third-order valence-electron chi connectivity index (χ3n) is 6.17. The van der Waals surface area contributed by atoms with Gasteiger partial charge in [-0.05, 0) is 62.4 Å². The molecule has 2 aromatic heterocycles. The van der Waals surface area contributed by atoms with Crippen molar-refractivity contribution < 1.29 is 4.79 Å². The summed E-state index contributed by atoms with van der Waals surface area (Å²) in [6.07, 6.45) is 6.94. The topological polar surface area (TPSA) is 61.4 Å². The third-order valence-corrected chi connectivity index (χ3v) is 6.17. The summed E-state index contributed by atoms with van der Waals surface area (Å²) < 4.78 is 0. The van der Waals surface area contributed by atoms with E-state index in [4.69, 9.17) is 4.98 Å². The van der Waals surface area contributed by atoms with E-state index in [1.54, 1.807) is 0 Å². The van der Waals surface area contributed by atoms with Crippen LogP contribution in [0.15, 0.2) is 30.3 Å². The Morgan fingerprint density at radius 3 is 2.63 bits per heavy atom. The van der Waals surface area contributed by atoms with Gasteiger partial charge in [0.25, 0.3) is 0 Å². The summed E-state index contributed by atoms with van der Waals surface area (Å²) in [6, 6.07) is 10.6. The summed E-state index contributed by atoms with van der Waals surface area (Å²) in [5, 5.41) is 2.90. The number of nitrogens with zero attached hydrogens (tertiary/aromatic N) is 4. The normalized spacial score (nSPS) is 17.0. The summed E-state index contributed by atoms with van der Waals surface area (Å²) in [5.41, 5.74) is 3.42. The molecule has 1 amide bonds. The van der Waals surface area contributed by atoms with Crippen molar-refractivity contribution in [1.82, 2.24) is 14.9 Å². The van der Waals surface area contributed by atoms with E-state index in [0.717, 1.165) is 74.8 Å². The number of aromatic nitrogens is 2. The van der Waals surface area contributed by atoms with Crippen molar-refractivity contribution in [3.8, 4) is 0 Å². The number of amides is 1. The molecule has 30 heavy (non-hydrogen) atoms. The Kier molecular flexibility index (Phi) is 6.95. The molecule has 1 fully saturated rings. The van der Waals surface area contributed by atoms with Crippen LogP contribution in [0.5, 0.6) is 0 Å². The largest absolute Gasteiger partial charge is 0.354 e. The number of fused-ring (bicyclic) bond motifs is 1. The molecule has 2 aromatic rings. The van der Waals surface area contributed by atoms with Crippen LogP contribution in [0.1, 0.15) is 49.6 Å². The molecular weight excluding hydrogens is 374 g/mol. The van der Waals surface area contributed by atoms with Crippen LogP contribution in [0.3, 0.4) is 0 Å². The van der Waals surface area contributed by atoms with Gasteiger partial charge < -0.3 is 10.2 Å². The van der Waals surface area contributed by atoms with E-state index >= 15 is 0 Å². The smallest absolute Gasteiger partial charge is 0.225 e. The summed E-state index contributed by atoms with van der Waals surface area (Å²) >= 11 is 0. The fourth-order valence-electron chi connectivity index (χ4n) is 4.28. The zero-order chi connectivity index (χ0) is 20.8. The number of aryl methyl sites for hydroxylation is 3. The summed E-state index contributed by atoms with van der Waals surface area (Å²) in [5.74, 6) is 1.99. The molecule has 0 aliphatic carbocycles. The highest BCUT2D eigenvalue weighted by Crippen LogP contribution is 2.21. The van der Waals surface area contributed by atoms with Crippen LogP contribution in [-0.2, 0) is 24.1 Å². The minimum atomic E-state index is 0.0843. The van der Waals surface area contributed by atoms with Crippen LogP contribution in [-0.4, -0.2) is 53.5 Å². The Bertz CT molecular complexity index is 860. The molecule has 2 aliphatic rings. The molecule has 6 nitrogen and oxygen atoms in total. The van der Waals surface area contributed by atoms with E-state index in [0.29, 0.717) is 6.42 Å². The fourth-order valence-corrected chi connectivity index (χ4v) is 4.28. The monoisotopic (exact) mass is 407 g/mol. The number of carbonyl (C=O) groups excluding carboxylic acids is 1. The average molecular weight is 408 g/mol. The molecule has 1 N–H and O–H groups in total. The first-order valence-electron chi connectivity index (χ1n) is 11.4. The lowest BCUT2D eigenvalue weighted by atomic mass is 10.0. The minimum Gasteiger partial charge on any atom is -0.354 e. The van der Waals surface area contributed by atoms with E-state index in [1.807, 2.05) is 0 Å². The number of anilines is 2. The predicted octanol–water partition coefficient (Wildman–Crippen LogP) is 3.46. The second-order valence-corrected chi connectivity index (χ2v) is 8.34. The Morgan fingerprint density at radius 2 is 1.80 bits per heavy atom. The van der Waals surface area contributed by atoms with Crippen LogP contribution in [0, 0.1) is 0 Å². The Labute approximate surface area is 179 Å². The van der Waals surface area contributed by atoms with Crippen LogP contribution in [0.4, 0.5) is 11.6 Å². The van der Waals surface area contributed by atoms with Gasteiger partial charge in [-0.2, -0.15) is 0 Å². The van der Waals surface area contributed by atoms with Gasteiger partial charge in [-0.1, -0.05) is 25.5 Å². The van der Waals surface area contributed by atoms with E-state index < -0.39 is 0 Å². The van der Waals surface area contributed by atoms with Gasteiger partial charge in [0.2, 0.25) is 5.91 Å². The predicted molar refractivity (Wildman–Crippen MR) is 121 cm³/mol. The third kappa shape index (κ3) is 5.36. The molecule has 4 heterocycles. The van der Waals surface area contributed by atoms with E-state index in [9.17, 15) is 4.79 Å². The second-order valence-electron chi connectivity index (χ2n) is 8.34. The quantitative estimate of drug-likeness (QED) is 0.679. The van der Waals surface area contributed by atoms with Gasteiger partial charge in [0.15, 0.2) is 0 Å². The lowest BCUT2D eigenvalue weighted by Crippen LogP contribution is -2.47.